The van der Waals surface area contributed by atoms with Gasteiger partial charge in [-0.3, -0.25) is 9.63 Å². The number of methoxy groups -OCH3 is 1. The third-order valence-electron chi connectivity index (χ3n) is 5.10. The molecule has 0 unspecified atom stereocenters. The number of ether oxygens (including phenoxy) is 1. The first-order valence-electron chi connectivity index (χ1n) is 9.69. The molecule has 1 heterocycles. The molecule has 166 valence electrons. The summed E-state index contributed by atoms with van der Waals surface area (Å²) in [4.78, 5) is 31.8. The van der Waals surface area contributed by atoms with Crippen LogP contribution in [0, 0.1) is 0 Å². The number of hydroxylamine groups is 1. The van der Waals surface area contributed by atoms with Crippen molar-refractivity contribution in [3.63, 3.8) is 0 Å². The Morgan fingerprint density at radius 2 is 1.74 bits per heavy atom. The van der Waals surface area contributed by atoms with Crippen molar-refractivity contribution in [3.05, 3.63) is 53.6 Å². The third-order valence-corrected chi connectivity index (χ3v) is 6.78. The van der Waals surface area contributed by atoms with Gasteiger partial charge in [0.15, 0.2) is 0 Å². The van der Waals surface area contributed by atoms with Gasteiger partial charge < -0.3 is 15.0 Å². The molecule has 0 bridgehead atoms. The average molecular weight is 448 g/mol. The Bertz CT molecular complexity index is 1080. The van der Waals surface area contributed by atoms with Gasteiger partial charge in [0.2, 0.25) is 0 Å². The van der Waals surface area contributed by atoms with Crippen molar-refractivity contribution in [2.45, 2.75) is 17.7 Å². The van der Waals surface area contributed by atoms with Crippen molar-refractivity contribution in [2.75, 3.05) is 44.6 Å². The average Bonchev–Trinajstić information content (AvgIpc) is 3.32. The summed E-state index contributed by atoms with van der Waals surface area (Å²) in [6, 6.07) is 10.7. The van der Waals surface area contributed by atoms with Crippen molar-refractivity contribution in [1.82, 2.24) is 4.47 Å². The van der Waals surface area contributed by atoms with E-state index in [0.29, 0.717) is 11.3 Å². The molecular formula is C21H25N3O6S. The number of esters is 1. The largest absolute Gasteiger partial charge is 0.465 e. The fraction of sp³-hybridized carbons (Fsp3) is 0.333. The summed E-state index contributed by atoms with van der Waals surface area (Å²) >= 11 is 0. The highest BCUT2D eigenvalue weighted by molar-refractivity contribution is 7.89. The lowest BCUT2D eigenvalue weighted by Gasteiger charge is -2.22. The minimum absolute atomic E-state index is 0.0763. The molecule has 9 nitrogen and oxygen atoms in total. The van der Waals surface area contributed by atoms with E-state index in [0.717, 1.165) is 36.1 Å². The SMILES string of the molecule is COC(=O)c1ccc(N2CCCC2)c(NC(=O)c2cccc(S(=O)(=O)N(C)OC)c2)c1. The van der Waals surface area contributed by atoms with Crippen LogP contribution in [0.5, 0.6) is 0 Å². The Morgan fingerprint density at radius 1 is 1.03 bits per heavy atom. The molecule has 2 aromatic carbocycles. The second-order valence-electron chi connectivity index (χ2n) is 7.00. The van der Waals surface area contributed by atoms with E-state index in [4.69, 9.17) is 9.57 Å². The molecule has 0 atom stereocenters. The predicted octanol–water partition coefficient (Wildman–Crippen LogP) is 2.51. The molecule has 0 aromatic heterocycles. The maximum atomic E-state index is 13.0. The molecule has 10 heteroatoms. The van der Waals surface area contributed by atoms with E-state index in [-0.39, 0.29) is 10.5 Å². The third kappa shape index (κ3) is 4.87. The van der Waals surface area contributed by atoms with E-state index < -0.39 is 21.9 Å². The van der Waals surface area contributed by atoms with Gasteiger partial charge in [0.1, 0.15) is 0 Å². The van der Waals surface area contributed by atoms with Crippen LogP contribution >= 0.6 is 0 Å². The van der Waals surface area contributed by atoms with E-state index in [1.807, 2.05) is 0 Å². The number of sulfonamides is 1. The van der Waals surface area contributed by atoms with Gasteiger partial charge in [-0.15, -0.1) is 0 Å². The molecule has 0 saturated carbocycles. The number of carbonyl (C=O) groups excluding carboxylic acids is 2. The van der Waals surface area contributed by atoms with E-state index in [9.17, 15) is 18.0 Å². The van der Waals surface area contributed by atoms with Crippen molar-refractivity contribution in [2.24, 2.45) is 0 Å². The number of hydrogen-bond acceptors (Lipinski definition) is 7. The number of anilines is 2. The second-order valence-corrected chi connectivity index (χ2v) is 8.93. The summed E-state index contributed by atoms with van der Waals surface area (Å²) in [5.41, 5.74) is 1.71. The van der Waals surface area contributed by atoms with Crippen LogP contribution in [-0.2, 0) is 19.6 Å². The molecule has 1 aliphatic heterocycles. The van der Waals surface area contributed by atoms with Crippen LogP contribution in [0.3, 0.4) is 0 Å². The van der Waals surface area contributed by atoms with Gasteiger partial charge in [-0.25, -0.2) is 13.2 Å². The number of nitrogens with zero attached hydrogens (tertiary/aromatic N) is 2. The molecule has 1 saturated heterocycles. The minimum Gasteiger partial charge on any atom is -0.465 e. The van der Waals surface area contributed by atoms with Crippen LogP contribution in [-0.4, -0.2) is 59.1 Å². The molecule has 1 amide bonds. The Labute approximate surface area is 181 Å². The Hall–Kier alpha value is -2.95. The molecule has 0 spiro atoms. The zero-order chi connectivity index (χ0) is 22.6. The Morgan fingerprint density at radius 3 is 2.39 bits per heavy atom. The number of carbonyl (C=O) groups is 2. The lowest BCUT2D eigenvalue weighted by atomic mass is 10.1. The number of nitrogens with one attached hydrogen (secondary N) is 1. The highest BCUT2D eigenvalue weighted by atomic mass is 32.2. The van der Waals surface area contributed by atoms with Crippen molar-refractivity contribution in [3.8, 4) is 0 Å². The topological polar surface area (TPSA) is 105 Å². The van der Waals surface area contributed by atoms with Gasteiger partial charge in [-0.1, -0.05) is 10.5 Å². The normalized spacial score (nSPS) is 14.0. The van der Waals surface area contributed by atoms with Crippen LogP contribution in [0.1, 0.15) is 33.6 Å². The maximum Gasteiger partial charge on any atom is 0.337 e. The highest BCUT2D eigenvalue weighted by Gasteiger charge is 2.23. The van der Waals surface area contributed by atoms with Crippen LogP contribution in [0.15, 0.2) is 47.4 Å². The lowest BCUT2D eigenvalue weighted by Crippen LogP contribution is -2.26. The van der Waals surface area contributed by atoms with Gasteiger partial charge >= 0.3 is 5.97 Å². The molecule has 0 radical (unpaired) electrons. The molecule has 1 aliphatic rings. The molecule has 31 heavy (non-hydrogen) atoms. The predicted molar refractivity (Wildman–Crippen MR) is 116 cm³/mol. The first kappa shape index (κ1) is 22.7. The Balaban J connectivity index is 1.94. The summed E-state index contributed by atoms with van der Waals surface area (Å²) in [6.07, 6.45) is 2.08. The quantitative estimate of drug-likeness (QED) is 0.514. The van der Waals surface area contributed by atoms with E-state index in [1.54, 1.807) is 18.2 Å². The molecule has 2 aromatic rings. The van der Waals surface area contributed by atoms with E-state index in [1.165, 1.54) is 45.5 Å². The van der Waals surface area contributed by atoms with Gasteiger partial charge in [-0.2, -0.15) is 0 Å². The van der Waals surface area contributed by atoms with Crippen molar-refractivity contribution >= 4 is 33.3 Å². The number of rotatable bonds is 7. The smallest absolute Gasteiger partial charge is 0.337 e. The fourth-order valence-corrected chi connectivity index (χ4v) is 4.37. The van der Waals surface area contributed by atoms with Crippen LogP contribution in [0.2, 0.25) is 0 Å². The van der Waals surface area contributed by atoms with Gasteiger partial charge in [0.05, 0.1) is 36.1 Å². The van der Waals surface area contributed by atoms with E-state index in [2.05, 4.69) is 10.2 Å². The Kier molecular flexibility index (Phi) is 6.94. The summed E-state index contributed by atoms with van der Waals surface area (Å²) in [5, 5.41) is 2.82. The van der Waals surface area contributed by atoms with Crippen LogP contribution in [0.25, 0.3) is 0 Å². The van der Waals surface area contributed by atoms with Crippen molar-refractivity contribution in [1.29, 1.82) is 0 Å². The molecular weight excluding hydrogens is 422 g/mol. The maximum absolute atomic E-state index is 13.0. The first-order valence-corrected chi connectivity index (χ1v) is 11.1. The van der Waals surface area contributed by atoms with Gasteiger partial charge in [0.25, 0.3) is 15.9 Å². The first-order chi connectivity index (χ1) is 14.8. The standard InChI is InChI=1S/C21H25N3O6S/c1-23(30-3)31(27,28)17-8-6-7-15(13-17)20(25)22-18-14-16(21(26)29-2)9-10-19(18)24-11-4-5-12-24/h6-10,13-14H,4-5,11-12H2,1-3H3,(H,22,25). The van der Waals surface area contributed by atoms with Crippen molar-refractivity contribution < 1.29 is 27.6 Å². The highest BCUT2D eigenvalue weighted by Crippen LogP contribution is 2.31. The van der Waals surface area contributed by atoms with E-state index >= 15 is 0 Å². The second kappa shape index (κ2) is 9.46. The van der Waals surface area contributed by atoms with Gasteiger partial charge in [0, 0.05) is 25.7 Å². The summed E-state index contributed by atoms with van der Waals surface area (Å²) in [7, 11) is -0.104. The lowest BCUT2D eigenvalue weighted by molar-refractivity contribution is -0.0258. The summed E-state index contributed by atoms with van der Waals surface area (Å²) in [6.45, 7) is 1.69. The molecule has 0 aliphatic carbocycles. The van der Waals surface area contributed by atoms with Crippen LogP contribution < -0.4 is 10.2 Å². The molecule has 1 fully saturated rings. The summed E-state index contributed by atoms with van der Waals surface area (Å²) < 4.78 is 30.5. The monoisotopic (exact) mass is 447 g/mol. The zero-order valence-electron chi connectivity index (χ0n) is 17.6. The van der Waals surface area contributed by atoms with Gasteiger partial charge in [-0.05, 0) is 49.2 Å². The number of amides is 1. The minimum atomic E-state index is -3.90. The number of benzene rings is 2. The summed E-state index contributed by atoms with van der Waals surface area (Å²) in [5.74, 6) is -1.02. The molecule has 1 N–H and O–H groups in total. The number of hydrogen-bond donors (Lipinski definition) is 1. The zero-order valence-corrected chi connectivity index (χ0v) is 18.4. The fourth-order valence-electron chi connectivity index (χ4n) is 3.35. The van der Waals surface area contributed by atoms with Crippen LogP contribution in [0.4, 0.5) is 11.4 Å². The molecule has 3 rings (SSSR count).